The van der Waals surface area contributed by atoms with Crippen molar-refractivity contribution in [2.24, 2.45) is 0 Å². The van der Waals surface area contributed by atoms with Crippen LogP contribution in [0.3, 0.4) is 0 Å². The zero-order valence-electron chi connectivity index (χ0n) is 10.8. The van der Waals surface area contributed by atoms with Crippen molar-refractivity contribution in [3.63, 3.8) is 0 Å². The molecule has 100 valence electrons. The van der Waals surface area contributed by atoms with E-state index >= 15 is 0 Å². The predicted octanol–water partition coefficient (Wildman–Crippen LogP) is 1.68. The Kier molecular flexibility index (Phi) is 4.74. The van der Waals surface area contributed by atoms with E-state index in [0.717, 1.165) is 19.5 Å². The molecule has 1 atom stereocenters. The SMILES string of the molecule is CCc1ccc(CN2CCOCC2C(=O)OC)s1. The van der Waals surface area contributed by atoms with Gasteiger partial charge in [0.05, 0.1) is 20.3 Å². The van der Waals surface area contributed by atoms with Crippen molar-refractivity contribution in [2.75, 3.05) is 26.9 Å². The van der Waals surface area contributed by atoms with Crippen LogP contribution in [-0.4, -0.2) is 43.8 Å². The summed E-state index contributed by atoms with van der Waals surface area (Å²) in [7, 11) is 1.43. The molecule has 0 aliphatic carbocycles. The maximum absolute atomic E-state index is 11.7. The van der Waals surface area contributed by atoms with E-state index in [9.17, 15) is 4.79 Å². The van der Waals surface area contributed by atoms with Crippen LogP contribution < -0.4 is 0 Å². The van der Waals surface area contributed by atoms with Gasteiger partial charge in [-0.1, -0.05) is 6.92 Å². The molecule has 18 heavy (non-hydrogen) atoms. The molecule has 1 unspecified atom stereocenters. The summed E-state index contributed by atoms with van der Waals surface area (Å²) in [6.07, 6.45) is 1.06. The van der Waals surface area contributed by atoms with Crippen molar-refractivity contribution in [3.8, 4) is 0 Å². The molecule has 1 aromatic rings. The average Bonchev–Trinajstić information content (AvgIpc) is 2.86. The number of aryl methyl sites for hydroxylation is 1. The lowest BCUT2D eigenvalue weighted by atomic mass is 10.2. The molecule has 1 aliphatic rings. The van der Waals surface area contributed by atoms with Crippen molar-refractivity contribution in [2.45, 2.75) is 25.9 Å². The monoisotopic (exact) mass is 269 g/mol. The number of esters is 1. The van der Waals surface area contributed by atoms with Gasteiger partial charge in [0.25, 0.3) is 0 Å². The Morgan fingerprint density at radius 2 is 2.33 bits per heavy atom. The lowest BCUT2D eigenvalue weighted by molar-refractivity contribution is -0.153. The second kappa shape index (κ2) is 6.31. The van der Waals surface area contributed by atoms with Crippen LogP contribution in [0.1, 0.15) is 16.7 Å². The van der Waals surface area contributed by atoms with Gasteiger partial charge in [0.2, 0.25) is 0 Å². The quantitative estimate of drug-likeness (QED) is 0.780. The van der Waals surface area contributed by atoms with Crippen LogP contribution in [0.2, 0.25) is 0 Å². The number of hydrogen-bond donors (Lipinski definition) is 0. The van der Waals surface area contributed by atoms with Crippen molar-refractivity contribution >= 4 is 17.3 Å². The topological polar surface area (TPSA) is 38.8 Å². The van der Waals surface area contributed by atoms with Crippen molar-refractivity contribution in [1.82, 2.24) is 4.90 Å². The van der Waals surface area contributed by atoms with E-state index in [4.69, 9.17) is 9.47 Å². The molecule has 5 heteroatoms. The van der Waals surface area contributed by atoms with Crippen LogP contribution >= 0.6 is 11.3 Å². The molecule has 1 aromatic heterocycles. The van der Waals surface area contributed by atoms with Crippen LogP contribution in [0.15, 0.2) is 12.1 Å². The minimum atomic E-state index is -0.268. The summed E-state index contributed by atoms with van der Waals surface area (Å²) in [5, 5.41) is 0. The highest BCUT2D eigenvalue weighted by atomic mass is 32.1. The summed E-state index contributed by atoms with van der Waals surface area (Å²) in [5.74, 6) is -0.207. The van der Waals surface area contributed by atoms with Crippen LogP contribution in [-0.2, 0) is 27.2 Å². The Morgan fingerprint density at radius 3 is 3.00 bits per heavy atom. The Bertz CT molecular complexity index is 405. The van der Waals surface area contributed by atoms with Crippen molar-refractivity contribution in [3.05, 3.63) is 21.9 Å². The highest BCUT2D eigenvalue weighted by Gasteiger charge is 2.30. The highest BCUT2D eigenvalue weighted by molar-refractivity contribution is 7.11. The number of thiophene rings is 1. The van der Waals surface area contributed by atoms with E-state index in [1.807, 2.05) is 11.3 Å². The summed E-state index contributed by atoms with van der Waals surface area (Å²) in [5.41, 5.74) is 0. The molecule has 1 aliphatic heterocycles. The molecule has 0 aromatic carbocycles. The van der Waals surface area contributed by atoms with Gasteiger partial charge in [-0.05, 0) is 18.6 Å². The van der Waals surface area contributed by atoms with E-state index in [1.54, 1.807) is 0 Å². The van der Waals surface area contributed by atoms with Crippen LogP contribution in [0.25, 0.3) is 0 Å². The number of carbonyl (C=O) groups excluding carboxylic acids is 1. The van der Waals surface area contributed by atoms with Crippen molar-refractivity contribution < 1.29 is 14.3 Å². The van der Waals surface area contributed by atoms with Gasteiger partial charge in [0.15, 0.2) is 0 Å². The van der Waals surface area contributed by atoms with E-state index in [2.05, 4.69) is 24.0 Å². The first-order valence-electron chi connectivity index (χ1n) is 6.21. The maximum Gasteiger partial charge on any atom is 0.325 e. The Hall–Kier alpha value is -0.910. The number of methoxy groups -OCH3 is 1. The summed E-state index contributed by atoms with van der Waals surface area (Å²) >= 11 is 1.81. The molecule has 0 spiro atoms. The second-order valence-corrected chi connectivity index (χ2v) is 5.56. The minimum Gasteiger partial charge on any atom is -0.468 e. The van der Waals surface area contributed by atoms with Crippen LogP contribution in [0.5, 0.6) is 0 Å². The van der Waals surface area contributed by atoms with Gasteiger partial charge < -0.3 is 9.47 Å². The first-order valence-corrected chi connectivity index (χ1v) is 7.03. The summed E-state index contributed by atoms with van der Waals surface area (Å²) in [6.45, 7) is 4.84. The number of ether oxygens (including phenoxy) is 2. The zero-order chi connectivity index (χ0) is 13.0. The summed E-state index contributed by atoms with van der Waals surface area (Å²) in [6, 6.07) is 4.04. The average molecular weight is 269 g/mol. The fourth-order valence-corrected chi connectivity index (χ4v) is 3.06. The number of hydrogen-bond acceptors (Lipinski definition) is 5. The summed E-state index contributed by atoms with van der Waals surface area (Å²) in [4.78, 5) is 16.5. The number of morpholine rings is 1. The molecule has 1 fully saturated rings. The fourth-order valence-electron chi connectivity index (χ4n) is 2.08. The zero-order valence-corrected chi connectivity index (χ0v) is 11.7. The lowest BCUT2D eigenvalue weighted by Gasteiger charge is -2.33. The normalized spacial score (nSPS) is 20.9. The molecule has 0 amide bonds. The smallest absolute Gasteiger partial charge is 0.325 e. The van der Waals surface area contributed by atoms with Gasteiger partial charge in [0, 0.05) is 22.8 Å². The van der Waals surface area contributed by atoms with Crippen molar-refractivity contribution in [1.29, 1.82) is 0 Å². The molecular weight excluding hydrogens is 250 g/mol. The maximum atomic E-state index is 11.7. The number of nitrogens with zero attached hydrogens (tertiary/aromatic N) is 1. The van der Waals surface area contributed by atoms with Crippen LogP contribution in [0.4, 0.5) is 0 Å². The molecule has 0 saturated carbocycles. The number of carbonyl (C=O) groups is 1. The van der Waals surface area contributed by atoms with E-state index in [0.29, 0.717) is 13.2 Å². The van der Waals surface area contributed by atoms with E-state index in [-0.39, 0.29) is 12.0 Å². The van der Waals surface area contributed by atoms with E-state index < -0.39 is 0 Å². The van der Waals surface area contributed by atoms with Gasteiger partial charge in [-0.2, -0.15) is 0 Å². The predicted molar refractivity (Wildman–Crippen MR) is 70.7 cm³/mol. The molecule has 4 nitrogen and oxygen atoms in total. The molecule has 0 N–H and O–H groups in total. The molecule has 0 bridgehead atoms. The van der Waals surface area contributed by atoms with E-state index in [1.165, 1.54) is 16.9 Å². The Morgan fingerprint density at radius 1 is 1.56 bits per heavy atom. The second-order valence-electron chi connectivity index (χ2n) is 4.31. The molecule has 0 radical (unpaired) electrons. The first-order chi connectivity index (χ1) is 8.74. The molecule has 1 saturated heterocycles. The lowest BCUT2D eigenvalue weighted by Crippen LogP contribution is -2.49. The molecular formula is C13H19NO3S. The van der Waals surface area contributed by atoms with Gasteiger partial charge in [0.1, 0.15) is 6.04 Å². The van der Waals surface area contributed by atoms with Crippen LogP contribution in [0, 0.1) is 0 Å². The third kappa shape index (κ3) is 3.10. The summed E-state index contributed by atoms with van der Waals surface area (Å²) < 4.78 is 10.2. The van der Waals surface area contributed by atoms with Gasteiger partial charge >= 0.3 is 5.97 Å². The number of rotatable bonds is 4. The third-order valence-corrected chi connectivity index (χ3v) is 4.35. The standard InChI is InChI=1S/C13H19NO3S/c1-3-10-4-5-11(18-10)8-14-6-7-17-9-12(14)13(15)16-2/h4-5,12H,3,6-9H2,1-2H3. The van der Waals surface area contributed by atoms with Gasteiger partial charge in [-0.15, -0.1) is 11.3 Å². The van der Waals surface area contributed by atoms with Gasteiger partial charge in [-0.3, -0.25) is 9.69 Å². The largest absolute Gasteiger partial charge is 0.468 e. The van der Waals surface area contributed by atoms with Gasteiger partial charge in [-0.25, -0.2) is 0 Å². The molecule has 2 rings (SSSR count). The Balaban J connectivity index is 2.02. The Labute approximate surface area is 111 Å². The third-order valence-electron chi connectivity index (χ3n) is 3.14. The fraction of sp³-hybridized carbons (Fsp3) is 0.615. The highest BCUT2D eigenvalue weighted by Crippen LogP contribution is 2.21. The molecule has 2 heterocycles. The first kappa shape index (κ1) is 13.5. The minimum absolute atomic E-state index is 0.207.